The number of aromatic nitrogens is 1. The SMILES string of the molecule is C1=C=CC(C2(C3C=CC=CC3)c3ccccc3-c3ccc(N(c4ccccc4)c4ccc(-c5ccc6c(c5)c5c(n6-c6ccccc6)C=CCC=C5)cc4)cc32)=CC=1. The zero-order valence-corrected chi connectivity index (χ0v) is 32.1. The Balaban J connectivity index is 1.04. The van der Waals surface area contributed by atoms with Gasteiger partial charge in [-0.15, -0.1) is 0 Å². The number of nitrogens with zero attached hydrogens (tertiary/aromatic N) is 2. The van der Waals surface area contributed by atoms with E-state index in [2.05, 4.69) is 227 Å². The first-order valence-electron chi connectivity index (χ1n) is 20.3. The number of anilines is 3. The second-order valence-corrected chi connectivity index (χ2v) is 15.4. The maximum Gasteiger partial charge on any atom is 0.0541 e. The molecule has 0 aliphatic heterocycles. The molecule has 1 heterocycles. The first-order chi connectivity index (χ1) is 28.8. The topological polar surface area (TPSA) is 8.17 Å². The maximum absolute atomic E-state index is 3.32. The van der Waals surface area contributed by atoms with Gasteiger partial charge in [0.2, 0.25) is 0 Å². The average Bonchev–Trinajstić information content (AvgIpc) is 3.64. The summed E-state index contributed by atoms with van der Waals surface area (Å²) in [7, 11) is 0. The van der Waals surface area contributed by atoms with Gasteiger partial charge in [0.25, 0.3) is 0 Å². The van der Waals surface area contributed by atoms with Gasteiger partial charge in [0.1, 0.15) is 0 Å². The van der Waals surface area contributed by atoms with Crippen LogP contribution in [0.1, 0.15) is 35.2 Å². The number of rotatable bonds is 7. The Hall–Kier alpha value is -7.34. The molecule has 0 spiro atoms. The molecule has 2 unspecified atom stereocenters. The number of hydrogen-bond acceptors (Lipinski definition) is 1. The van der Waals surface area contributed by atoms with Crippen molar-refractivity contribution < 1.29 is 0 Å². The molecule has 2 atom stereocenters. The Kier molecular flexibility index (Phi) is 8.19. The summed E-state index contributed by atoms with van der Waals surface area (Å²) >= 11 is 0. The van der Waals surface area contributed by atoms with Crippen molar-refractivity contribution >= 4 is 40.1 Å². The van der Waals surface area contributed by atoms with Gasteiger partial charge in [-0.1, -0.05) is 139 Å². The van der Waals surface area contributed by atoms with E-state index in [1.165, 1.54) is 66.8 Å². The van der Waals surface area contributed by atoms with E-state index < -0.39 is 0 Å². The highest BCUT2D eigenvalue weighted by Gasteiger charge is 2.50. The van der Waals surface area contributed by atoms with Crippen molar-refractivity contribution in [3.05, 3.63) is 240 Å². The summed E-state index contributed by atoms with van der Waals surface area (Å²) in [6, 6.07) is 53.6. The van der Waals surface area contributed by atoms with Crippen molar-refractivity contribution in [3.8, 4) is 27.9 Å². The van der Waals surface area contributed by atoms with Gasteiger partial charge in [-0.25, -0.2) is 0 Å². The Labute approximate surface area is 340 Å². The van der Waals surface area contributed by atoms with E-state index in [0.717, 1.165) is 29.9 Å². The normalized spacial score (nSPS) is 18.2. The Bertz CT molecular complexity index is 3010. The van der Waals surface area contributed by atoms with Crippen molar-refractivity contribution in [1.29, 1.82) is 0 Å². The highest BCUT2D eigenvalue weighted by atomic mass is 15.1. The number of allylic oxidation sites excluding steroid dienone is 10. The summed E-state index contributed by atoms with van der Waals surface area (Å²) in [5.41, 5.74) is 23.2. The van der Waals surface area contributed by atoms with Crippen LogP contribution in [0.15, 0.2) is 217 Å². The smallest absolute Gasteiger partial charge is 0.0541 e. The molecule has 7 aromatic rings. The predicted molar refractivity (Wildman–Crippen MR) is 243 cm³/mol. The fourth-order valence-corrected chi connectivity index (χ4v) is 9.84. The molecule has 0 fully saturated rings. The van der Waals surface area contributed by atoms with Gasteiger partial charge >= 0.3 is 0 Å². The van der Waals surface area contributed by atoms with Crippen LogP contribution >= 0.6 is 0 Å². The highest BCUT2D eigenvalue weighted by Crippen LogP contribution is 2.59. The lowest BCUT2D eigenvalue weighted by molar-refractivity contribution is 0.456. The minimum atomic E-state index is -0.387. The molecule has 0 saturated carbocycles. The molecule has 274 valence electrons. The van der Waals surface area contributed by atoms with Crippen LogP contribution in [-0.2, 0) is 5.41 Å². The monoisotopic (exact) mass is 740 g/mol. The zero-order valence-electron chi connectivity index (χ0n) is 32.1. The highest BCUT2D eigenvalue weighted by molar-refractivity contribution is 5.98. The summed E-state index contributed by atoms with van der Waals surface area (Å²) in [4.78, 5) is 2.40. The first-order valence-corrected chi connectivity index (χ1v) is 20.3. The van der Waals surface area contributed by atoms with Crippen LogP contribution < -0.4 is 4.90 Å². The third-order valence-electron chi connectivity index (χ3n) is 12.3. The number of para-hydroxylation sites is 2. The fourth-order valence-electron chi connectivity index (χ4n) is 9.84. The third kappa shape index (κ3) is 5.36. The molecule has 4 aliphatic carbocycles. The molecule has 2 heteroatoms. The van der Waals surface area contributed by atoms with Gasteiger partial charge in [0, 0.05) is 33.7 Å². The van der Waals surface area contributed by atoms with Crippen molar-refractivity contribution in [2.75, 3.05) is 4.90 Å². The maximum atomic E-state index is 3.32. The Morgan fingerprint density at radius 2 is 1.34 bits per heavy atom. The fraction of sp³-hybridized carbons (Fsp3) is 0.0714. The molecule has 0 radical (unpaired) electrons. The van der Waals surface area contributed by atoms with E-state index in [1.54, 1.807) is 0 Å². The number of benzene rings is 6. The lowest BCUT2D eigenvalue weighted by atomic mass is 9.61. The summed E-state index contributed by atoms with van der Waals surface area (Å²) < 4.78 is 2.39. The average molecular weight is 741 g/mol. The van der Waals surface area contributed by atoms with Gasteiger partial charge in [-0.05, 0) is 143 Å². The number of hydrogen-bond donors (Lipinski definition) is 0. The molecular weight excluding hydrogens is 701 g/mol. The van der Waals surface area contributed by atoms with Crippen molar-refractivity contribution in [1.82, 2.24) is 4.57 Å². The zero-order chi connectivity index (χ0) is 38.5. The molecule has 0 N–H and O–H groups in total. The summed E-state index contributed by atoms with van der Waals surface area (Å²) in [6.45, 7) is 0. The molecule has 0 bridgehead atoms. The van der Waals surface area contributed by atoms with Crippen LogP contribution in [0, 0.1) is 5.92 Å². The van der Waals surface area contributed by atoms with E-state index in [9.17, 15) is 0 Å². The molecule has 1 aromatic heterocycles. The lowest BCUT2D eigenvalue weighted by Crippen LogP contribution is -2.36. The van der Waals surface area contributed by atoms with E-state index in [4.69, 9.17) is 0 Å². The van der Waals surface area contributed by atoms with Gasteiger partial charge in [0.15, 0.2) is 0 Å². The van der Waals surface area contributed by atoms with Gasteiger partial charge < -0.3 is 9.47 Å². The second-order valence-electron chi connectivity index (χ2n) is 15.4. The van der Waals surface area contributed by atoms with Gasteiger partial charge in [0.05, 0.1) is 16.6 Å². The Morgan fingerprint density at radius 3 is 2.16 bits per heavy atom. The van der Waals surface area contributed by atoms with Crippen LogP contribution in [0.2, 0.25) is 0 Å². The van der Waals surface area contributed by atoms with Crippen LogP contribution in [-0.4, -0.2) is 4.57 Å². The largest absolute Gasteiger partial charge is 0.310 e. The Morgan fingerprint density at radius 1 is 0.603 bits per heavy atom. The van der Waals surface area contributed by atoms with Crippen LogP contribution in [0.5, 0.6) is 0 Å². The molecule has 2 nitrogen and oxygen atoms in total. The molecule has 6 aromatic carbocycles. The minimum absolute atomic E-state index is 0.235. The van der Waals surface area contributed by atoms with Crippen molar-refractivity contribution in [2.24, 2.45) is 5.92 Å². The van der Waals surface area contributed by atoms with E-state index >= 15 is 0 Å². The molecule has 58 heavy (non-hydrogen) atoms. The quantitative estimate of drug-likeness (QED) is 0.148. The second kappa shape index (κ2) is 14.0. The lowest BCUT2D eigenvalue weighted by Gasteiger charge is -2.40. The molecule has 0 amide bonds. The number of fused-ring (bicyclic) bond motifs is 6. The summed E-state index contributed by atoms with van der Waals surface area (Å²) in [5.74, 6) is 0.235. The third-order valence-corrected chi connectivity index (χ3v) is 12.3. The predicted octanol–water partition coefficient (Wildman–Crippen LogP) is 14.4. The summed E-state index contributed by atoms with van der Waals surface area (Å²) in [6.07, 6.45) is 26.5. The summed E-state index contributed by atoms with van der Waals surface area (Å²) in [5, 5.41) is 1.26. The van der Waals surface area contributed by atoms with Crippen LogP contribution in [0.25, 0.3) is 51.0 Å². The minimum Gasteiger partial charge on any atom is -0.310 e. The van der Waals surface area contributed by atoms with E-state index in [1.807, 2.05) is 6.08 Å². The van der Waals surface area contributed by atoms with Crippen LogP contribution in [0.4, 0.5) is 17.1 Å². The van der Waals surface area contributed by atoms with Gasteiger partial charge in [-0.2, -0.15) is 0 Å². The van der Waals surface area contributed by atoms with Crippen molar-refractivity contribution in [3.63, 3.8) is 0 Å². The van der Waals surface area contributed by atoms with Crippen LogP contribution in [0.3, 0.4) is 0 Å². The van der Waals surface area contributed by atoms with E-state index in [0.29, 0.717) is 0 Å². The molecule has 11 rings (SSSR count). The van der Waals surface area contributed by atoms with E-state index in [-0.39, 0.29) is 11.3 Å². The molecule has 4 aliphatic rings. The molecule has 0 saturated heterocycles. The van der Waals surface area contributed by atoms with Crippen molar-refractivity contribution in [2.45, 2.75) is 18.3 Å². The first kappa shape index (κ1) is 34.0. The van der Waals surface area contributed by atoms with Gasteiger partial charge in [-0.3, -0.25) is 0 Å². The molecular formula is C56H40N2. The standard InChI is InChI=1S/C56H40N2/c1-6-18-42(19-7-1)56(43-20-8-2-9-21-43)52-28-17-16-26-48(52)49-36-35-47(39-53(49)56)57(44-22-10-3-11-23-44)46-33-30-40(31-34-46)41-32-37-55-51(38-41)50-27-14-5-15-29-54(50)58(55)45-24-12-4-13-25-45/h1,3-4,6-8,10-18,20-39,42H,5,19H2.